The first-order valence-corrected chi connectivity index (χ1v) is 6.51. The Balaban J connectivity index is 1.93. The van der Waals surface area contributed by atoms with Gasteiger partial charge in [0, 0.05) is 0 Å². The van der Waals surface area contributed by atoms with E-state index in [1.165, 1.54) is 24.3 Å². The highest BCUT2D eigenvalue weighted by Gasteiger charge is 2.14. The van der Waals surface area contributed by atoms with Crippen molar-refractivity contribution in [2.75, 3.05) is 11.9 Å². The standard InChI is InChI=1S/C15H10ClF2NO3/c16-11-7-9(17)5-6-13(11)19-14(20)8-22-15(21)10-3-1-2-4-12(10)18/h1-7H,8H2,(H,19,20). The van der Waals surface area contributed by atoms with Gasteiger partial charge in [-0.05, 0) is 30.3 Å². The lowest BCUT2D eigenvalue weighted by molar-refractivity contribution is -0.119. The molecule has 7 heteroatoms. The molecule has 0 heterocycles. The van der Waals surface area contributed by atoms with E-state index in [-0.39, 0.29) is 16.3 Å². The molecular weight excluding hydrogens is 316 g/mol. The molecule has 0 aliphatic heterocycles. The van der Waals surface area contributed by atoms with Crippen LogP contribution in [0.15, 0.2) is 42.5 Å². The molecule has 1 amide bonds. The molecule has 0 unspecified atom stereocenters. The second-order valence-corrected chi connectivity index (χ2v) is 4.64. The van der Waals surface area contributed by atoms with Crippen LogP contribution in [0.3, 0.4) is 0 Å². The van der Waals surface area contributed by atoms with Gasteiger partial charge in [0.05, 0.1) is 16.3 Å². The predicted molar refractivity (Wildman–Crippen MR) is 76.7 cm³/mol. The van der Waals surface area contributed by atoms with Crippen LogP contribution < -0.4 is 5.32 Å². The first-order valence-electron chi connectivity index (χ1n) is 6.14. The third kappa shape index (κ3) is 4.02. The van der Waals surface area contributed by atoms with Gasteiger partial charge in [0.25, 0.3) is 5.91 Å². The molecule has 0 radical (unpaired) electrons. The normalized spacial score (nSPS) is 10.1. The van der Waals surface area contributed by atoms with Gasteiger partial charge >= 0.3 is 5.97 Å². The first kappa shape index (κ1) is 15.9. The second kappa shape index (κ2) is 7.00. The monoisotopic (exact) mass is 325 g/mol. The van der Waals surface area contributed by atoms with Crippen LogP contribution >= 0.6 is 11.6 Å². The number of rotatable bonds is 4. The van der Waals surface area contributed by atoms with Crippen molar-refractivity contribution in [1.29, 1.82) is 0 Å². The number of hydrogen-bond acceptors (Lipinski definition) is 3. The summed E-state index contributed by atoms with van der Waals surface area (Å²) in [5, 5.41) is 2.36. The minimum Gasteiger partial charge on any atom is -0.452 e. The summed E-state index contributed by atoms with van der Waals surface area (Å²) < 4.78 is 30.9. The molecule has 0 saturated carbocycles. The number of carbonyl (C=O) groups is 2. The maximum atomic E-state index is 13.3. The second-order valence-electron chi connectivity index (χ2n) is 4.23. The Labute approximate surface area is 129 Å². The van der Waals surface area contributed by atoms with Gasteiger partial charge in [-0.1, -0.05) is 23.7 Å². The van der Waals surface area contributed by atoms with Crippen molar-refractivity contribution in [2.24, 2.45) is 0 Å². The van der Waals surface area contributed by atoms with Crippen molar-refractivity contribution in [1.82, 2.24) is 0 Å². The largest absolute Gasteiger partial charge is 0.452 e. The molecule has 22 heavy (non-hydrogen) atoms. The van der Waals surface area contributed by atoms with E-state index in [1.54, 1.807) is 0 Å². The fourth-order valence-electron chi connectivity index (χ4n) is 1.61. The van der Waals surface area contributed by atoms with Crippen molar-refractivity contribution >= 4 is 29.2 Å². The van der Waals surface area contributed by atoms with E-state index in [2.05, 4.69) is 5.32 Å². The van der Waals surface area contributed by atoms with Gasteiger partial charge < -0.3 is 10.1 Å². The summed E-state index contributed by atoms with van der Waals surface area (Å²) >= 11 is 5.74. The lowest BCUT2D eigenvalue weighted by atomic mass is 10.2. The molecule has 0 aliphatic rings. The van der Waals surface area contributed by atoms with Crippen LogP contribution in [0.25, 0.3) is 0 Å². The summed E-state index contributed by atoms with van der Waals surface area (Å²) in [4.78, 5) is 23.3. The highest BCUT2D eigenvalue weighted by molar-refractivity contribution is 6.33. The van der Waals surface area contributed by atoms with Crippen LogP contribution in [0, 0.1) is 11.6 Å². The Kier molecular flexibility index (Phi) is 5.06. The first-order chi connectivity index (χ1) is 10.5. The van der Waals surface area contributed by atoms with Gasteiger partial charge in [-0.3, -0.25) is 4.79 Å². The van der Waals surface area contributed by atoms with E-state index in [1.807, 2.05) is 0 Å². The number of ether oxygens (including phenoxy) is 1. The SMILES string of the molecule is O=C(COC(=O)c1ccccc1F)Nc1ccc(F)cc1Cl. The molecular formula is C15H10ClF2NO3. The number of carbonyl (C=O) groups excluding carboxylic acids is 2. The highest BCUT2D eigenvalue weighted by Crippen LogP contribution is 2.22. The lowest BCUT2D eigenvalue weighted by Crippen LogP contribution is -2.21. The van der Waals surface area contributed by atoms with Crippen LogP contribution in [0.5, 0.6) is 0 Å². The van der Waals surface area contributed by atoms with Crippen molar-refractivity contribution in [3.8, 4) is 0 Å². The Bertz CT molecular complexity index is 722. The van der Waals surface area contributed by atoms with Gasteiger partial charge in [-0.15, -0.1) is 0 Å². The van der Waals surface area contributed by atoms with Crippen LogP contribution in [-0.4, -0.2) is 18.5 Å². The molecule has 2 rings (SSSR count). The average molecular weight is 326 g/mol. The number of esters is 1. The van der Waals surface area contributed by atoms with E-state index < -0.39 is 30.1 Å². The summed E-state index contributed by atoms with van der Waals surface area (Å²) in [7, 11) is 0. The third-order valence-corrected chi connectivity index (χ3v) is 2.95. The van der Waals surface area contributed by atoms with Crippen LogP contribution in [-0.2, 0) is 9.53 Å². The van der Waals surface area contributed by atoms with Crippen molar-refractivity contribution in [3.63, 3.8) is 0 Å². The van der Waals surface area contributed by atoms with E-state index in [0.29, 0.717) is 0 Å². The van der Waals surface area contributed by atoms with Gasteiger partial charge in [0.1, 0.15) is 11.6 Å². The van der Waals surface area contributed by atoms with Crippen LogP contribution in [0.1, 0.15) is 10.4 Å². The Morgan fingerprint density at radius 3 is 2.55 bits per heavy atom. The maximum Gasteiger partial charge on any atom is 0.341 e. The zero-order valence-corrected chi connectivity index (χ0v) is 11.9. The molecule has 114 valence electrons. The van der Waals surface area contributed by atoms with E-state index in [9.17, 15) is 18.4 Å². The average Bonchev–Trinajstić information content (AvgIpc) is 2.48. The molecule has 1 N–H and O–H groups in total. The van der Waals surface area contributed by atoms with Gasteiger partial charge in [0.2, 0.25) is 0 Å². The van der Waals surface area contributed by atoms with Gasteiger partial charge in [0.15, 0.2) is 6.61 Å². The smallest absolute Gasteiger partial charge is 0.341 e. The quantitative estimate of drug-likeness (QED) is 0.876. The minimum absolute atomic E-state index is 0.00813. The fraction of sp³-hybridized carbons (Fsp3) is 0.0667. The van der Waals surface area contributed by atoms with Crippen molar-refractivity contribution < 1.29 is 23.1 Å². The number of amides is 1. The molecule has 2 aromatic rings. The van der Waals surface area contributed by atoms with E-state index >= 15 is 0 Å². The Morgan fingerprint density at radius 2 is 1.86 bits per heavy atom. The fourth-order valence-corrected chi connectivity index (χ4v) is 1.83. The molecule has 0 aromatic heterocycles. The van der Waals surface area contributed by atoms with E-state index in [4.69, 9.17) is 16.3 Å². The number of hydrogen-bond donors (Lipinski definition) is 1. The number of nitrogens with one attached hydrogen (secondary N) is 1. The lowest BCUT2D eigenvalue weighted by Gasteiger charge is -2.08. The van der Waals surface area contributed by atoms with Gasteiger partial charge in [-0.2, -0.15) is 0 Å². The Hall–Kier alpha value is -2.47. The van der Waals surface area contributed by atoms with Crippen molar-refractivity contribution in [2.45, 2.75) is 0 Å². The third-order valence-electron chi connectivity index (χ3n) is 2.63. The molecule has 0 atom stereocenters. The molecule has 0 aliphatic carbocycles. The number of benzene rings is 2. The predicted octanol–water partition coefficient (Wildman–Crippen LogP) is 3.41. The minimum atomic E-state index is -0.960. The maximum absolute atomic E-state index is 13.3. The van der Waals surface area contributed by atoms with Gasteiger partial charge in [-0.25, -0.2) is 13.6 Å². The van der Waals surface area contributed by atoms with Crippen LogP contribution in [0.2, 0.25) is 5.02 Å². The van der Waals surface area contributed by atoms with Crippen LogP contribution in [0.4, 0.5) is 14.5 Å². The molecule has 4 nitrogen and oxygen atoms in total. The molecule has 0 spiro atoms. The van der Waals surface area contributed by atoms with Crippen molar-refractivity contribution in [3.05, 3.63) is 64.7 Å². The number of anilines is 1. The molecule has 0 bridgehead atoms. The highest BCUT2D eigenvalue weighted by atomic mass is 35.5. The molecule has 0 saturated heterocycles. The summed E-state index contributed by atoms with van der Waals surface area (Å²) in [6.45, 7) is -0.624. The van der Waals surface area contributed by atoms with E-state index in [0.717, 1.165) is 18.2 Å². The summed E-state index contributed by atoms with van der Waals surface area (Å²) in [6.07, 6.45) is 0. The molecule has 2 aromatic carbocycles. The number of halogens is 3. The Morgan fingerprint density at radius 1 is 1.14 bits per heavy atom. The summed E-state index contributed by atoms with van der Waals surface area (Å²) in [6, 6.07) is 8.67. The summed E-state index contributed by atoms with van der Waals surface area (Å²) in [5.41, 5.74) is -0.0925. The topological polar surface area (TPSA) is 55.4 Å². The zero-order chi connectivity index (χ0) is 16.1. The summed E-state index contributed by atoms with van der Waals surface area (Å²) in [5.74, 6) is -2.93. The molecule has 0 fully saturated rings. The zero-order valence-electron chi connectivity index (χ0n) is 11.1.